The molecule has 1 N–H and O–H groups in total. The number of ether oxygens (including phenoxy) is 2. The number of nitrogens with one attached hydrogen (secondary N) is 1. The van der Waals surface area contributed by atoms with Crippen molar-refractivity contribution in [3.8, 4) is 11.5 Å². The first-order chi connectivity index (χ1) is 16.1. The van der Waals surface area contributed by atoms with Crippen molar-refractivity contribution in [2.75, 3.05) is 7.05 Å². The minimum atomic E-state index is -4.05. The maximum Gasteiger partial charge on any atom is 0.482 e. The second-order valence-electron chi connectivity index (χ2n) is 8.04. The maximum atomic E-state index is 13.8. The number of rotatable bonds is 9. The van der Waals surface area contributed by atoms with Gasteiger partial charge in [0, 0.05) is 23.5 Å². The van der Waals surface area contributed by atoms with Crippen LogP contribution in [0.2, 0.25) is 10.0 Å². The molecule has 4 nitrogen and oxygen atoms in total. The third-order valence-corrected chi connectivity index (χ3v) is 5.84. The molecule has 3 rings (SSSR count). The van der Waals surface area contributed by atoms with Crippen LogP contribution in [0.4, 0.5) is 8.78 Å². The first-order valence-electron chi connectivity index (χ1n) is 10.7. The Kier molecular flexibility index (Phi) is 8.39. The topological polar surface area (TPSA) is 47.6 Å². The molecule has 0 bridgehead atoms. The van der Waals surface area contributed by atoms with E-state index in [-0.39, 0.29) is 21.7 Å². The van der Waals surface area contributed by atoms with Crippen LogP contribution in [0.1, 0.15) is 42.0 Å². The summed E-state index contributed by atoms with van der Waals surface area (Å²) in [4.78, 5) is 11.3. The average Bonchev–Trinajstić information content (AvgIpc) is 2.80. The van der Waals surface area contributed by atoms with Gasteiger partial charge in [-0.25, -0.2) is 0 Å². The van der Waals surface area contributed by atoms with Gasteiger partial charge in [-0.3, -0.25) is 4.79 Å². The van der Waals surface area contributed by atoms with Gasteiger partial charge >= 0.3 is 12.0 Å². The molecule has 0 fully saturated rings. The summed E-state index contributed by atoms with van der Waals surface area (Å²) >= 11 is 12.7. The summed E-state index contributed by atoms with van der Waals surface area (Å²) in [7, 11) is 1.09. The fraction of sp³-hybridized carbons (Fsp3) is 0.269. The van der Waals surface area contributed by atoms with Gasteiger partial charge in [0.05, 0.1) is 0 Å². The van der Waals surface area contributed by atoms with E-state index in [4.69, 9.17) is 27.9 Å². The quantitative estimate of drug-likeness (QED) is 0.339. The normalized spacial score (nSPS) is 11.4. The van der Waals surface area contributed by atoms with E-state index in [2.05, 4.69) is 18.6 Å². The number of amides is 1. The van der Waals surface area contributed by atoms with Crippen molar-refractivity contribution in [3.63, 3.8) is 0 Å². The Hall–Kier alpha value is -2.83. The lowest BCUT2D eigenvalue weighted by atomic mass is 9.96. The summed E-state index contributed by atoms with van der Waals surface area (Å²) in [5.41, 5.74) is 3.60. The molecule has 0 aliphatic carbocycles. The third-order valence-electron chi connectivity index (χ3n) is 5.17. The van der Waals surface area contributed by atoms with Crippen LogP contribution in [-0.2, 0) is 17.8 Å². The molecule has 0 aliphatic heterocycles. The predicted molar refractivity (Wildman–Crippen MR) is 130 cm³/mol. The highest BCUT2D eigenvalue weighted by Gasteiger charge is 2.41. The molecule has 1 amide bonds. The van der Waals surface area contributed by atoms with Crippen molar-refractivity contribution in [2.45, 2.75) is 38.9 Å². The van der Waals surface area contributed by atoms with Gasteiger partial charge < -0.3 is 14.8 Å². The van der Waals surface area contributed by atoms with Crippen molar-refractivity contribution in [3.05, 3.63) is 93.0 Å². The van der Waals surface area contributed by atoms with Gasteiger partial charge in [0.2, 0.25) is 0 Å². The molecule has 0 saturated carbocycles. The molecule has 0 unspecified atom stereocenters. The highest BCUT2D eigenvalue weighted by molar-refractivity contribution is 6.36. The standard InChI is InChI=1S/C26H25Cl2F2NO3/c1-16(2)20-11-18(9-10-24(20)33-15-17-7-5-4-6-8-17)12-21-22(27)13-19(14-23(21)28)34-26(29,30)25(32)31-3/h4-11,13-14,16H,12,15H2,1-3H3,(H,31,32). The van der Waals surface area contributed by atoms with Crippen LogP contribution in [0.15, 0.2) is 60.7 Å². The lowest BCUT2D eigenvalue weighted by molar-refractivity contribution is -0.192. The van der Waals surface area contributed by atoms with Gasteiger partial charge in [0.25, 0.3) is 0 Å². The van der Waals surface area contributed by atoms with Gasteiger partial charge in [-0.15, -0.1) is 0 Å². The molecule has 0 heterocycles. The van der Waals surface area contributed by atoms with Crippen molar-refractivity contribution in [1.82, 2.24) is 5.32 Å². The zero-order valence-corrected chi connectivity index (χ0v) is 20.5. The van der Waals surface area contributed by atoms with E-state index < -0.39 is 12.0 Å². The largest absolute Gasteiger partial charge is 0.489 e. The summed E-state index contributed by atoms with van der Waals surface area (Å²) in [6.07, 6.45) is -3.67. The SMILES string of the molecule is CNC(=O)C(F)(F)Oc1cc(Cl)c(Cc2ccc(OCc3ccccc3)c(C(C)C)c2)c(Cl)c1. The van der Waals surface area contributed by atoms with Crippen LogP contribution >= 0.6 is 23.2 Å². The molecule has 0 aliphatic rings. The Morgan fingerprint density at radius 2 is 1.65 bits per heavy atom. The Bertz CT molecular complexity index is 1130. The molecule has 0 spiro atoms. The number of carbonyl (C=O) groups excluding carboxylic acids is 1. The smallest absolute Gasteiger partial charge is 0.482 e. The third kappa shape index (κ3) is 6.39. The van der Waals surface area contributed by atoms with Gasteiger partial charge in [-0.05, 0) is 46.4 Å². The Balaban J connectivity index is 1.80. The second kappa shape index (κ2) is 11.1. The molecule has 34 heavy (non-hydrogen) atoms. The molecule has 3 aromatic rings. The Morgan fingerprint density at radius 3 is 2.24 bits per heavy atom. The van der Waals surface area contributed by atoms with Crippen molar-refractivity contribution < 1.29 is 23.0 Å². The lowest BCUT2D eigenvalue weighted by Crippen LogP contribution is -2.42. The second-order valence-corrected chi connectivity index (χ2v) is 8.86. The first kappa shape index (κ1) is 25.8. The number of alkyl halides is 2. The number of carbonyl (C=O) groups is 1. The van der Waals surface area contributed by atoms with Gasteiger partial charge in [0.15, 0.2) is 0 Å². The van der Waals surface area contributed by atoms with Crippen LogP contribution in [0.3, 0.4) is 0 Å². The molecule has 3 aromatic carbocycles. The Morgan fingerprint density at radius 1 is 1.00 bits per heavy atom. The van der Waals surface area contributed by atoms with Gasteiger partial charge in [-0.2, -0.15) is 8.78 Å². The predicted octanol–water partition coefficient (Wildman–Crippen LogP) is 7.00. The zero-order valence-electron chi connectivity index (χ0n) is 19.0. The fourth-order valence-corrected chi connectivity index (χ4v) is 3.98. The minimum absolute atomic E-state index is 0.158. The number of hydrogen-bond donors (Lipinski definition) is 1. The van der Waals surface area contributed by atoms with Crippen molar-refractivity contribution in [1.29, 1.82) is 0 Å². The lowest BCUT2D eigenvalue weighted by Gasteiger charge is -2.18. The van der Waals surface area contributed by atoms with E-state index in [1.165, 1.54) is 12.1 Å². The van der Waals surface area contributed by atoms with Crippen LogP contribution in [0, 0.1) is 0 Å². The molecule has 8 heteroatoms. The summed E-state index contributed by atoms with van der Waals surface area (Å²) in [6, 6.07) is 18.2. The molecule has 180 valence electrons. The van der Waals surface area contributed by atoms with E-state index in [9.17, 15) is 13.6 Å². The van der Waals surface area contributed by atoms with E-state index in [1.54, 1.807) is 0 Å². The molecular formula is C26H25Cl2F2NO3. The van der Waals surface area contributed by atoms with Crippen LogP contribution in [-0.4, -0.2) is 19.1 Å². The number of benzene rings is 3. The molecule has 0 aromatic heterocycles. The van der Waals surface area contributed by atoms with Crippen LogP contribution in [0.25, 0.3) is 0 Å². The number of halogens is 4. The van der Waals surface area contributed by atoms with E-state index in [1.807, 2.05) is 53.8 Å². The average molecular weight is 508 g/mol. The van der Waals surface area contributed by atoms with E-state index >= 15 is 0 Å². The van der Waals surface area contributed by atoms with E-state index in [0.29, 0.717) is 18.6 Å². The number of hydrogen-bond acceptors (Lipinski definition) is 3. The molecule has 0 saturated heterocycles. The first-order valence-corrected chi connectivity index (χ1v) is 11.4. The number of likely N-dealkylation sites (N-methyl/N-ethyl adjacent to an activating group) is 1. The molecular weight excluding hydrogens is 483 g/mol. The molecule has 0 atom stereocenters. The summed E-state index contributed by atoms with van der Waals surface area (Å²) < 4.78 is 38.2. The van der Waals surface area contributed by atoms with Crippen molar-refractivity contribution in [2.24, 2.45) is 0 Å². The van der Waals surface area contributed by atoms with Gasteiger partial charge in [0.1, 0.15) is 18.1 Å². The molecule has 0 radical (unpaired) electrons. The maximum absolute atomic E-state index is 13.8. The monoisotopic (exact) mass is 507 g/mol. The van der Waals surface area contributed by atoms with E-state index in [0.717, 1.165) is 29.5 Å². The summed E-state index contributed by atoms with van der Waals surface area (Å²) in [5, 5.41) is 2.16. The van der Waals surface area contributed by atoms with Crippen LogP contribution < -0.4 is 14.8 Å². The highest BCUT2D eigenvalue weighted by atomic mass is 35.5. The van der Waals surface area contributed by atoms with Gasteiger partial charge in [-0.1, -0.05) is 79.5 Å². The zero-order chi connectivity index (χ0) is 24.9. The summed E-state index contributed by atoms with van der Waals surface area (Å²) in [6.45, 7) is 4.61. The summed E-state index contributed by atoms with van der Waals surface area (Å²) in [5.74, 6) is -0.876. The van der Waals surface area contributed by atoms with Crippen LogP contribution in [0.5, 0.6) is 11.5 Å². The minimum Gasteiger partial charge on any atom is -0.489 e. The Labute approximate surface area is 207 Å². The fourth-order valence-electron chi connectivity index (χ4n) is 3.38. The highest BCUT2D eigenvalue weighted by Crippen LogP contribution is 2.35. The van der Waals surface area contributed by atoms with Crippen molar-refractivity contribution >= 4 is 29.1 Å².